The lowest BCUT2D eigenvalue weighted by Crippen LogP contribution is -2.04. The molecule has 1 N–H and O–H groups in total. The lowest BCUT2D eigenvalue weighted by Gasteiger charge is -2.09. The summed E-state index contributed by atoms with van der Waals surface area (Å²) in [6, 6.07) is 4.19. The summed E-state index contributed by atoms with van der Waals surface area (Å²) in [4.78, 5) is 4.39. The molecular weight excluding hydrogens is 216 g/mol. The van der Waals surface area contributed by atoms with Gasteiger partial charge >= 0.3 is 0 Å². The van der Waals surface area contributed by atoms with E-state index in [-0.39, 0.29) is 0 Å². The van der Waals surface area contributed by atoms with Crippen molar-refractivity contribution in [1.29, 1.82) is 0 Å². The van der Waals surface area contributed by atoms with Gasteiger partial charge in [0.15, 0.2) is 0 Å². The molecule has 0 radical (unpaired) electrons. The van der Waals surface area contributed by atoms with E-state index < -0.39 is 0 Å². The molecule has 90 valence electrons. The van der Waals surface area contributed by atoms with Crippen LogP contribution in [0.25, 0.3) is 0 Å². The zero-order chi connectivity index (χ0) is 11.6. The van der Waals surface area contributed by atoms with Gasteiger partial charge in [0.25, 0.3) is 0 Å². The molecular formula is C13H22N2S. The fraction of sp³-hybridized carbons (Fsp3) is 0.615. The highest BCUT2D eigenvalue weighted by Gasteiger charge is 2.01. The number of nitrogens with one attached hydrogen (secondary N) is 1. The highest BCUT2D eigenvalue weighted by atomic mass is 32.2. The summed E-state index contributed by atoms with van der Waals surface area (Å²) < 4.78 is 0. The number of hydrogen-bond donors (Lipinski definition) is 1. The van der Waals surface area contributed by atoms with Gasteiger partial charge in [0.2, 0.25) is 0 Å². The normalized spacial score (nSPS) is 10.4. The van der Waals surface area contributed by atoms with Crippen LogP contribution >= 0.6 is 11.8 Å². The Morgan fingerprint density at radius 2 is 2.19 bits per heavy atom. The maximum atomic E-state index is 4.39. The summed E-state index contributed by atoms with van der Waals surface area (Å²) in [5.41, 5.74) is 1.33. The van der Waals surface area contributed by atoms with E-state index in [0.717, 1.165) is 24.5 Å². The maximum Gasteiger partial charge on any atom is 0.129 e. The van der Waals surface area contributed by atoms with Crippen molar-refractivity contribution in [2.24, 2.45) is 0 Å². The molecule has 1 heterocycles. The van der Waals surface area contributed by atoms with E-state index >= 15 is 0 Å². The second-order valence-corrected chi connectivity index (χ2v) is 4.95. The van der Waals surface area contributed by atoms with E-state index in [1.165, 1.54) is 24.2 Å². The molecule has 16 heavy (non-hydrogen) atoms. The number of anilines is 1. The molecule has 0 spiro atoms. The number of aromatic nitrogens is 1. The van der Waals surface area contributed by atoms with Crippen LogP contribution in [0.5, 0.6) is 0 Å². The highest BCUT2D eigenvalue weighted by molar-refractivity contribution is 7.98. The van der Waals surface area contributed by atoms with Crippen molar-refractivity contribution >= 4 is 17.6 Å². The molecule has 1 rings (SSSR count). The first-order valence-electron chi connectivity index (χ1n) is 6.14. The summed E-state index contributed by atoms with van der Waals surface area (Å²) in [6.07, 6.45) is 5.58. The van der Waals surface area contributed by atoms with E-state index in [1.54, 1.807) is 0 Å². The minimum Gasteiger partial charge on any atom is -0.370 e. The third kappa shape index (κ3) is 4.88. The Labute approximate surface area is 103 Å². The van der Waals surface area contributed by atoms with Crippen molar-refractivity contribution in [3.63, 3.8) is 0 Å². The van der Waals surface area contributed by atoms with Crippen molar-refractivity contribution in [3.05, 3.63) is 23.9 Å². The van der Waals surface area contributed by atoms with Gasteiger partial charge < -0.3 is 5.32 Å². The van der Waals surface area contributed by atoms with Gasteiger partial charge in [-0.1, -0.05) is 26.3 Å². The van der Waals surface area contributed by atoms with Crippen LogP contribution in [-0.2, 0) is 5.75 Å². The fourth-order valence-corrected chi connectivity index (χ4v) is 2.48. The maximum absolute atomic E-state index is 4.39. The molecule has 3 heteroatoms. The standard InChI is InChI=1S/C13H22N2S/c1-3-5-10-16-11-12-7-6-9-15-13(12)14-8-4-2/h6-7,9H,3-5,8,10-11H2,1-2H3,(H,14,15). The molecule has 0 saturated heterocycles. The second kappa shape index (κ2) is 8.45. The predicted octanol–water partition coefficient (Wildman–Crippen LogP) is 3.94. The van der Waals surface area contributed by atoms with Gasteiger partial charge in [0.05, 0.1) is 0 Å². The monoisotopic (exact) mass is 238 g/mol. The first kappa shape index (κ1) is 13.4. The van der Waals surface area contributed by atoms with Gasteiger partial charge in [-0.3, -0.25) is 0 Å². The molecule has 0 aliphatic rings. The lowest BCUT2D eigenvalue weighted by atomic mass is 10.3. The predicted molar refractivity (Wildman–Crippen MR) is 74.1 cm³/mol. The number of rotatable bonds is 8. The summed E-state index contributed by atoms with van der Waals surface area (Å²) in [6.45, 7) is 5.41. The smallest absolute Gasteiger partial charge is 0.129 e. The SMILES string of the molecule is CCCCSCc1cccnc1NCCC. The minimum atomic E-state index is 1.00. The molecule has 0 saturated carbocycles. The van der Waals surface area contributed by atoms with Gasteiger partial charge in [-0.05, 0) is 24.7 Å². The summed E-state index contributed by atoms with van der Waals surface area (Å²) >= 11 is 2.00. The van der Waals surface area contributed by atoms with Crippen molar-refractivity contribution in [1.82, 2.24) is 4.98 Å². The number of unbranched alkanes of at least 4 members (excludes halogenated alkanes) is 1. The Bertz CT molecular complexity index is 289. The Morgan fingerprint density at radius 1 is 1.31 bits per heavy atom. The first-order valence-corrected chi connectivity index (χ1v) is 7.29. The van der Waals surface area contributed by atoms with E-state index in [4.69, 9.17) is 0 Å². The summed E-state index contributed by atoms with van der Waals surface area (Å²) in [5, 5.41) is 3.38. The molecule has 0 aliphatic heterocycles. The molecule has 0 bridgehead atoms. The van der Waals surface area contributed by atoms with Gasteiger partial charge in [-0.25, -0.2) is 4.98 Å². The lowest BCUT2D eigenvalue weighted by molar-refractivity contribution is 0.896. The molecule has 0 fully saturated rings. The molecule has 1 aromatic rings. The largest absolute Gasteiger partial charge is 0.370 e. The highest BCUT2D eigenvalue weighted by Crippen LogP contribution is 2.19. The third-order valence-corrected chi connectivity index (χ3v) is 3.43. The zero-order valence-corrected chi connectivity index (χ0v) is 11.1. The number of nitrogens with zero attached hydrogens (tertiary/aromatic N) is 1. The molecule has 0 aliphatic carbocycles. The van der Waals surface area contributed by atoms with Crippen LogP contribution in [0.4, 0.5) is 5.82 Å². The first-order chi connectivity index (χ1) is 7.88. The van der Waals surface area contributed by atoms with Crippen molar-refractivity contribution in [3.8, 4) is 0 Å². The summed E-state index contributed by atoms with van der Waals surface area (Å²) in [7, 11) is 0. The van der Waals surface area contributed by atoms with Gasteiger partial charge in [-0.2, -0.15) is 11.8 Å². The average Bonchev–Trinajstić information content (AvgIpc) is 2.33. The Kier molecular flexibility index (Phi) is 7.06. The number of pyridine rings is 1. The second-order valence-electron chi connectivity index (χ2n) is 3.84. The van der Waals surface area contributed by atoms with E-state index in [9.17, 15) is 0 Å². The zero-order valence-electron chi connectivity index (χ0n) is 10.3. The van der Waals surface area contributed by atoms with Crippen molar-refractivity contribution in [2.45, 2.75) is 38.9 Å². The van der Waals surface area contributed by atoms with Crippen LogP contribution in [0.15, 0.2) is 18.3 Å². The van der Waals surface area contributed by atoms with Gasteiger partial charge in [-0.15, -0.1) is 0 Å². The van der Waals surface area contributed by atoms with Crippen LogP contribution in [-0.4, -0.2) is 17.3 Å². The van der Waals surface area contributed by atoms with E-state index in [1.807, 2.05) is 24.0 Å². The molecule has 2 nitrogen and oxygen atoms in total. The molecule has 1 aromatic heterocycles. The number of thioether (sulfide) groups is 1. The van der Waals surface area contributed by atoms with Crippen LogP contribution < -0.4 is 5.32 Å². The minimum absolute atomic E-state index is 1.00. The van der Waals surface area contributed by atoms with Gasteiger partial charge in [0.1, 0.15) is 5.82 Å². The van der Waals surface area contributed by atoms with Crippen LogP contribution in [0.1, 0.15) is 38.7 Å². The fourth-order valence-electron chi connectivity index (χ4n) is 1.39. The average molecular weight is 238 g/mol. The molecule has 0 atom stereocenters. The van der Waals surface area contributed by atoms with Crippen LogP contribution in [0.2, 0.25) is 0 Å². The molecule has 0 aromatic carbocycles. The Hall–Kier alpha value is -0.700. The van der Waals surface area contributed by atoms with Gasteiger partial charge in [0, 0.05) is 24.1 Å². The van der Waals surface area contributed by atoms with E-state index in [0.29, 0.717) is 0 Å². The Morgan fingerprint density at radius 3 is 2.94 bits per heavy atom. The summed E-state index contributed by atoms with van der Waals surface area (Å²) in [5.74, 6) is 3.38. The van der Waals surface area contributed by atoms with Crippen molar-refractivity contribution < 1.29 is 0 Å². The van der Waals surface area contributed by atoms with E-state index in [2.05, 4.69) is 30.2 Å². The number of hydrogen-bond acceptors (Lipinski definition) is 3. The van der Waals surface area contributed by atoms with Crippen LogP contribution in [0, 0.1) is 0 Å². The topological polar surface area (TPSA) is 24.9 Å². The van der Waals surface area contributed by atoms with Crippen molar-refractivity contribution in [2.75, 3.05) is 17.6 Å². The van der Waals surface area contributed by atoms with Crippen LogP contribution in [0.3, 0.4) is 0 Å². The molecule has 0 unspecified atom stereocenters. The third-order valence-electron chi connectivity index (χ3n) is 2.33. The molecule has 0 amide bonds. The quantitative estimate of drug-likeness (QED) is 0.694. The Balaban J connectivity index is 2.43.